The Balaban J connectivity index is 5.10. The lowest BCUT2D eigenvalue weighted by atomic mass is 10.00. The predicted molar refractivity (Wildman–Crippen MR) is 78.1 cm³/mol. The first-order chi connectivity index (χ1) is 9.82. The highest BCUT2D eigenvalue weighted by Crippen LogP contribution is 2.32. The molecule has 0 rings (SSSR count). The minimum absolute atomic E-state index is 0.147. The summed E-state index contributed by atoms with van der Waals surface area (Å²) in [5.41, 5.74) is -0.294. The molecule has 2 N–H and O–H groups in total. The first kappa shape index (κ1) is 20.0. The molecular weight excluding hydrogens is 296 g/mol. The van der Waals surface area contributed by atoms with Crippen molar-refractivity contribution in [1.82, 2.24) is 0 Å². The fourth-order valence-electron chi connectivity index (χ4n) is 2.21. The van der Waals surface area contributed by atoms with Crippen LogP contribution in [0.1, 0.15) is 40.5 Å². The van der Waals surface area contributed by atoms with E-state index in [0.717, 1.165) is 0 Å². The normalized spacial score (nSPS) is 14.7. The van der Waals surface area contributed by atoms with Gasteiger partial charge in [-0.3, -0.25) is 9.59 Å². The number of carboxylic acid groups (broad SMARTS) is 2. The van der Waals surface area contributed by atoms with Gasteiger partial charge >= 0.3 is 20.7 Å². The highest BCUT2D eigenvalue weighted by atomic mass is 28.4. The topological polar surface area (TPSA) is 102 Å². The van der Waals surface area contributed by atoms with Gasteiger partial charge in [0.15, 0.2) is 0 Å². The van der Waals surface area contributed by atoms with Gasteiger partial charge in [-0.2, -0.15) is 0 Å². The van der Waals surface area contributed by atoms with Crippen LogP contribution in [0.5, 0.6) is 0 Å². The van der Waals surface area contributed by atoms with Gasteiger partial charge in [0.1, 0.15) is 0 Å². The van der Waals surface area contributed by atoms with E-state index in [9.17, 15) is 9.59 Å². The molecule has 8 heteroatoms. The van der Waals surface area contributed by atoms with Crippen molar-refractivity contribution in [2.45, 2.75) is 46.1 Å². The van der Waals surface area contributed by atoms with Crippen LogP contribution in [0.25, 0.3) is 0 Å². The van der Waals surface area contributed by atoms with Gasteiger partial charge in [-0.15, -0.1) is 0 Å². The monoisotopic (exact) mass is 322 g/mol. The third-order valence-corrected chi connectivity index (χ3v) is 6.56. The van der Waals surface area contributed by atoms with Gasteiger partial charge in [0, 0.05) is 25.4 Å². The Hall–Kier alpha value is -0.963. The Labute approximate surface area is 126 Å². The second-order valence-electron chi connectivity index (χ2n) is 4.67. The van der Waals surface area contributed by atoms with Crippen LogP contribution in [0.15, 0.2) is 0 Å². The summed E-state index contributed by atoms with van der Waals surface area (Å²) < 4.78 is 17.1. The molecule has 0 radical (unpaired) electrons. The Morgan fingerprint density at radius 2 is 1.43 bits per heavy atom. The molecule has 0 fully saturated rings. The molecule has 0 heterocycles. The fraction of sp³-hybridized carbons (Fsp3) is 0.846. The Bertz CT molecular complexity index is 317. The standard InChI is InChI=1S/C13H26O7Si/c1-5-18-21(19-6-2,20-7-3)10(4)8-11(13(16)17)9-12(14)15/h10-11H,5-9H2,1-4H3,(H,14,15)(H,16,17). The summed E-state index contributed by atoms with van der Waals surface area (Å²) in [5, 5.41) is 18.0. The number of aliphatic carboxylic acids is 2. The molecule has 0 saturated carbocycles. The van der Waals surface area contributed by atoms with E-state index in [0.29, 0.717) is 19.8 Å². The second kappa shape index (κ2) is 9.88. The Morgan fingerprint density at radius 3 is 1.71 bits per heavy atom. The van der Waals surface area contributed by atoms with E-state index in [1.54, 1.807) is 6.92 Å². The fourth-order valence-corrected chi connectivity index (χ4v) is 5.09. The van der Waals surface area contributed by atoms with Crippen LogP contribution in [0.3, 0.4) is 0 Å². The van der Waals surface area contributed by atoms with E-state index >= 15 is 0 Å². The molecule has 21 heavy (non-hydrogen) atoms. The lowest BCUT2D eigenvalue weighted by molar-refractivity contribution is -0.148. The van der Waals surface area contributed by atoms with Gasteiger partial charge in [-0.05, 0) is 27.2 Å². The van der Waals surface area contributed by atoms with Gasteiger partial charge in [0.05, 0.1) is 12.3 Å². The highest BCUT2D eigenvalue weighted by Gasteiger charge is 2.48. The molecule has 124 valence electrons. The molecule has 0 aliphatic carbocycles. The third-order valence-electron chi connectivity index (χ3n) is 3.05. The molecule has 0 amide bonds. The number of carbonyl (C=O) groups is 2. The SMILES string of the molecule is CCO[Si](OCC)(OCC)C(C)CC(CC(=O)O)C(=O)O. The van der Waals surface area contributed by atoms with E-state index in [2.05, 4.69) is 0 Å². The minimum Gasteiger partial charge on any atom is -0.481 e. The molecule has 0 aromatic rings. The summed E-state index contributed by atoms with van der Waals surface area (Å²) in [4.78, 5) is 22.0. The van der Waals surface area contributed by atoms with Crippen LogP contribution in [0.4, 0.5) is 0 Å². The van der Waals surface area contributed by atoms with E-state index in [1.807, 2.05) is 20.8 Å². The summed E-state index contributed by atoms with van der Waals surface area (Å²) in [6, 6.07) is 0. The number of hydrogen-bond acceptors (Lipinski definition) is 5. The van der Waals surface area contributed by atoms with Crippen molar-refractivity contribution in [2.75, 3.05) is 19.8 Å². The molecular formula is C13H26O7Si. The predicted octanol–water partition coefficient (Wildman–Crippen LogP) is 1.99. The molecule has 0 bridgehead atoms. The van der Waals surface area contributed by atoms with Crippen molar-refractivity contribution in [1.29, 1.82) is 0 Å². The van der Waals surface area contributed by atoms with Gasteiger partial charge < -0.3 is 23.5 Å². The minimum atomic E-state index is -3.01. The highest BCUT2D eigenvalue weighted by molar-refractivity contribution is 6.62. The average molecular weight is 322 g/mol. The van der Waals surface area contributed by atoms with Crippen molar-refractivity contribution < 1.29 is 33.1 Å². The van der Waals surface area contributed by atoms with Crippen molar-refractivity contribution in [2.24, 2.45) is 5.92 Å². The first-order valence-electron chi connectivity index (χ1n) is 7.19. The lowest BCUT2D eigenvalue weighted by Gasteiger charge is -2.34. The van der Waals surface area contributed by atoms with Crippen molar-refractivity contribution in [3.8, 4) is 0 Å². The van der Waals surface area contributed by atoms with E-state index in [4.69, 9.17) is 23.5 Å². The van der Waals surface area contributed by atoms with Gasteiger partial charge in [0.2, 0.25) is 0 Å². The van der Waals surface area contributed by atoms with Crippen LogP contribution >= 0.6 is 0 Å². The molecule has 0 aromatic carbocycles. The van der Waals surface area contributed by atoms with E-state index in [-0.39, 0.29) is 12.0 Å². The molecule has 0 spiro atoms. The summed E-state index contributed by atoms with van der Waals surface area (Å²) in [6.07, 6.45) is -0.275. The maximum Gasteiger partial charge on any atom is 0.503 e. The molecule has 0 aliphatic heterocycles. The van der Waals surface area contributed by atoms with E-state index in [1.165, 1.54) is 0 Å². The van der Waals surface area contributed by atoms with Crippen molar-refractivity contribution in [3.05, 3.63) is 0 Å². The van der Waals surface area contributed by atoms with E-state index < -0.39 is 33.1 Å². The number of hydrogen-bond donors (Lipinski definition) is 2. The van der Waals surface area contributed by atoms with Crippen LogP contribution in [0.2, 0.25) is 5.54 Å². The maximum atomic E-state index is 11.2. The summed E-state index contributed by atoms with van der Waals surface area (Å²) in [6.45, 7) is 8.44. The molecule has 7 nitrogen and oxygen atoms in total. The second-order valence-corrected chi connectivity index (χ2v) is 7.73. The molecule has 2 unspecified atom stereocenters. The Morgan fingerprint density at radius 1 is 1.00 bits per heavy atom. The summed E-state index contributed by atoms with van der Waals surface area (Å²) in [5.74, 6) is -3.24. The number of rotatable bonds is 12. The molecule has 0 aromatic heterocycles. The van der Waals surface area contributed by atoms with Crippen LogP contribution < -0.4 is 0 Å². The molecule has 2 atom stereocenters. The largest absolute Gasteiger partial charge is 0.503 e. The first-order valence-corrected chi connectivity index (χ1v) is 8.99. The number of carboxylic acids is 2. The zero-order valence-corrected chi connectivity index (χ0v) is 14.1. The third kappa shape index (κ3) is 6.55. The summed E-state index contributed by atoms with van der Waals surface area (Å²) in [7, 11) is -3.01. The molecule has 0 aliphatic rings. The van der Waals surface area contributed by atoms with Crippen LogP contribution in [-0.2, 0) is 22.9 Å². The Kier molecular flexibility index (Phi) is 9.43. The average Bonchev–Trinajstić information content (AvgIpc) is 2.37. The van der Waals surface area contributed by atoms with Crippen molar-refractivity contribution >= 4 is 20.7 Å². The lowest BCUT2D eigenvalue weighted by Crippen LogP contribution is -2.50. The molecule has 0 saturated heterocycles. The maximum absolute atomic E-state index is 11.2. The van der Waals surface area contributed by atoms with Gasteiger partial charge in [-0.25, -0.2) is 0 Å². The zero-order valence-electron chi connectivity index (χ0n) is 13.1. The van der Waals surface area contributed by atoms with Crippen molar-refractivity contribution in [3.63, 3.8) is 0 Å². The quantitative estimate of drug-likeness (QED) is 0.530. The van der Waals surface area contributed by atoms with Crippen LogP contribution in [0, 0.1) is 5.92 Å². The smallest absolute Gasteiger partial charge is 0.481 e. The zero-order chi connectivity index (χ0) is 16.5. The van der Waals surface area contributed by atoms with Gasteiger partial charge in [0.25, 0.3) is 0 Å². The van der Waals surface area contributed by atoms with Gasteiger partial charge in [-0.1, -0.05) is 6.92 Å². The summed E-state index contributed by atoms with van der Waals surface area (Å²) >= 11 is 0. The van der Waals surface area contributed by atoms with Crippen LogP contribution in [-0.4, -0.2) is 50.8 Å².